The average molecular weight is 392 g/mol. The molecule has 4 rings (SSSR count). The Morgan fingerprint density at radius 2 is 2.00 bits per heavy atom. The molecule has 1 atom stereocenters. The van der Waals surface area contributed by atoms with Crippen LogP contribution in [0.1, 0.15) is 36.0 Å². The maximum atomic E-state index is 4.88. The lowest BCUT2D eigenvalue weighted by molar-refractivity contribution is 0.486. The van der Waals surface area contributed by atoms with Gasteiger partial charge in [0.2, 0.25) is 0 Å². The largest absolute Gasteiger partial charge is 0.357 e. The van der Waals surface area contributed by atoms with Crippen molar-refractivity contribution in [1.29, 1.82) is 0 Å². The standard InChI is InChI=1S/C22H29N7/c1-3-23-22(28-10-9-20(17-28)21-13-25-27(2)16-21)24-11-19-12-26-29(15-19)14-18-7-5-4-6-8-18/h4-8,12-13,15-16,20H,3,9-11,14,17H2,1-2H3,(H,23,24). The van der Waals surface area contributed by atoms with E-state index in [-0.39, 0.29) is 0 Å². The van der Waals surface area contributed by atoms with Gasteiger partial charge < -0.3 is 10.2 Å². The van der Waals surface area contributed by atoms with Crippen LogP contribution in [-0.4, -0.2) is 50.1 Å². The molecule has 0 spiro atoms. The van der Waals surface area contributed by atoms with Gasteiger partial charge in [0, 0.05) is 50.6 Å². The first-order chi connectivity index (χ1) is 14.2. The Morgan fingerprint density at radius 3 is 2.76 bits per heavy atom. The SMILES string of the molecule is CCNC(=NCc1cnn(Cc2ccccc2)c1)N1CCC(c2cnn(C)c2)C1. The van der Waals surface area contributed by atoms with E-state index in [0.717, 1.165) is 44.1 Å². The minimum absolute atomic E-state index is 0.515. The summed E-state index contributed by atoms with van der Waals surface area (Å²) in [7, 11) is 1.97. The molecule has 1 aliphatic heterocycles. The molecule has 0 amide bonds. The van der Waals surface area contributed by atoms with Gasteiger partial charge in [0.25, 0.3) is 0 Å². The van der Waals surface area contributed by atoms with Gasteiger partial charge in [-0.3, -0.25) is 9.36 Å². The molecule has 1 aromatic carbocycles. The van der Waals surface area contributed by atoms with E-state index >= 15 is 0 Å². The van der Waals surface area contributed by atoms with E-state index in [1.54, 1.807) is 0 Å². The van der Waals surface area contributed by atoms with E-state index in [2.05, 4.69) is 64.0 Å². The van der Waals surface area contributed by atoms with Crippen molar-refractivity contribution in [3.05, 3.63) is 71.8 Å². The number of hydrogen-bond donors (Lipinski definition) is 1. The van der Waals surface area contributed by atoms with Crippen molar-refractivity contribution in [3.8, 4) is 0 Å². The zero-order chi connectivity index (χ0) is 20.1. The van der Waals surface area contributed by atoms with Crippen molar-refractivity contribution in [2.45, 2.75) is 32.4 Å². The van der Waals surface area contributed by atoms with Crippen molar-refractivity contribution in [2.75, 3.05) is 19.6 Å². The second kappa shape index (κ2) is 8.94. The molecule has 0 aliphatic carbocycles. The normalized spacial score (nSPS) is 17.1. The molecule has 0 saturated carbocycles. The molecule has 29 heavy (non-hydrogen) atoms. The molecular weight excluding hydrogens is 362 g/mol. The smallest absolute Gasteiger partial charge is 0.194 e. The van der Waals surface area contributed by atoms with E-state index in [1.165, 1.54) is 11.1 Å². The highest BCUT2D eigenvalue weighted by Crippen LogP contribution is 2.26. The maximum Gasteiger partial charge on any atom is 0.194 e. The van der Waals surface area contributed by atoms with E-state index in [4.69, 9.17) is 4.99 Å². The van der Waals surface area contributed by atoms with Gasteiger partial charge in [0.1, 0.15) is 0 Å². The lowest BCUT2D eigenvalue weighted by Gasteiger charge is -2.21. The lowest BCUT2D eigenvalue weighted by atomic mass is 10.0. The molecule has 0 radical (unpaired) electrons. The van der Waals surface area contributed by atoms with Crippen LogP contribution in [0.5, 0.6) is 0 Å². The van der Waals surface area contributed by atoms with Gasteiger partial charge in [-0.15, -0.1) is 0 Å². The highest BCUT2D eigenvalue weighted by Gasteiger charge is 2.26. The molecule has 0 bridgehead atoms. The number of guanidine groups is 1. The maximum absolute atomic E-state index is 4.88. The number of aromatic nitrogens is 4. The van der Waals surface area contributed by atoms with Crippen LogP contribution in [0.25, 0.3) is 0 Å². The van der Waals surface area contributed by atoms with Crippen LogP contribution >= 0.6 is 0 Å². The fraction of sp³-hybridized carbons (Fsp3) is 0.409. The molecule has 1 aliphatic rings. The predicted molar refractivity (Wildman–Crippen MR) is 115 cm³/mol. The van der Waals surface area contributed by atoms with Crippen LogP contribution in [0.3, 0.4) is 0 Å². The predicted octanol–water partition coefficient (Wildman–Crippen LogP) is 2.62. The molecule has 7 nitrogen and oxygen atoms in total. The monoisotopic (exact) mass is 391 g/mol. The Morgan fingerprint density at radius 1 is 1.14 bits per heavy atom. The first-order valence-electron chi connectivity index (χ1n) is 10.3. The fourth-order valence-corrected chi connectivity index (χ4v) is 3.81. The fourth-order valence-electron chi connectivity index (χ4n) is 3.81. The lowest BCUT2D eigenvalue weighted by Crippen LogP contribution is -2.39. The van der Waals surface area contributed by atoms with E-state index in [0.29, 0.717) is 12.5 Å². The number of aryl methyl sites for hydroxylation is 1. The van der Waals surface area contributed by atoms with E-state index in [9.17, 15) is 0 Å². The molecule has 1 unspecified atom stereocenters. The van der Waals surface area contributed by atoms with Crippen LogP contribution in [-0.2, 0) is 20.1 Å². The second-order valence-corrected chi connectivity index (χ2v) is 7.58. The number of likely N-dealkylation sites (tertiary alicyclic amines) is 1. The number of nitrogens with zero attached hydrogens (tertiary/aromatic N) is 6. The topological polar surface area (TPSA) is 63.3 Å². The molecule has 2 aromatic heterocycles. The third-order valence-corrected chi connectivity index (χ3v) is 5.30. The second-order valence-electron chi connectivity index (χ2n) is 7.58. The summed E-state index contributed by atoms with van der Waals surface area (Å²) in [5.74, 6) is 1.50. The third-order valence-electron chi connectivity index (χ3n) is 5.30. The summed E-state index contributed by atoms with van der Waals surface area (Å²) in [6.07, 6.45) is 9.24. The van der Waals surface area contributed by atoms with E-state index in [1.807, 2.05) is 34.9 Å². The molecule has 1 N–H and O–H groups in total. The van der Waals surface area contributed by atoms with Crippen molar-refractivity contribution in [3.63, 3.8) is 0 Å². The summed E-state index contributed by atoms with van der Waals surface area (Å²) in [6, 6.07) is 10.4. The third kappa shape index (κ3) is 4.85. The van der Waals surface area contributed by atoms with Gasteiger partial charge in [-0.1, -0.05) is 30.3 Å². The minimum Gasteiger partial charge on any atom is -0.357 e. The van der Waals surface area contributed by atoms with Crippen molar-refractivity contribution in [2.24, 2.45) is 12.0 Å². The zero-order valence-corrected chi connectivity index (χ0v) is 17.2. The van der Waals surface area contributed by atoms with Crippen LogP contribution in [0, 0.1) is 0 Å². The highest BCUT2D eigenvalue weighted by molar-refractivity contribution is 5.80. The van der Waals surface area contributed by atoms with Crippen LogP contribution in [0.4, 0.5) is 0 Å². The van der Waals surface area contributed by atoms with Gasteiger partial charge in [-0.25, -0.2) is 4.99 Å². The number of aliphatic imine (C=N–C) groups is 1. The highest BCUT2D eigenvalue weighted by atomic mass is 15.3. The summed E-state index contributed by atoms with van der Waals surface area (Å²) in [5, 5.41) is 12.3. The number of benzene rings is 1. The molecule has 7 heteroatoms. The van der Waals surface area contributed by atoms with Gasteiger partial charge in [-0.05, 0) is 24.5 Å². The molecule has 3 aromatic rings. The Balaban J connectivity index is 1.39. The number of nitrogens with one attached hydrogen (secondary N) is 1. The van der Waals surface area contributed by atoms with Crippen molar-refractivity contribution in [1.82, 2.24) is 29.8 Å². The molecule has 152 valence electrons. The van der Waals surface area contributed by atoms with E-state index < -0.39 is 0 Å². The summed E-state index contributed by atoms with van der Waals surface area (Å²) >= 11 is 0. The zero-order valence-electron chi connectivity index (χ0n) is 17.2. The molecule has 1 fully saturated rings. The Labute approximate surface area is 172 Å². The molecule has 1 saturated heterocycles. The number of rotatable bonds is 6. The summed E-state index contributed by atoms with van der Waals surface area (Å²) in [4.78, 5) is 7.23. The van der Waals surface area contributed by atoms with Crippen LogP contribution < -0.4 is 5.32 Å². The first-order valence-corrected chi connectivity index (χ1v) is 10.3. The summed E-state index contributed by atoms with van der Waals surface area (Å²) in [6.45, 7) is 6.38. The minimum atomic E-state index is 0.515. The average Bonchev–Trinajstić information content (AvgIpc) is 3.47. The number of hydrogen-bond acceptors (Lipinski definition) is 3. The van der Waals surface area contributed by atoms with Gasteiger partial charge in [0.05, 0.1) is 25.5 Å². The van der Waals surface area contributed by atoms with Crippen LogP contribution in [0.15, 0.2) is 60.1 Å². The van der Waals surface area contributed by atoms with Gasteiger partial charge >= 0.3 is 0 Å². The molecule has 3 heterocycles. The first kappa shape index (κ1) is 19.2. The quantitative estimate of drug-likeness (QED) is 0.518. The summed E-state index contributed by atoms with van der Waals surface area (Å²) < 4.78 is 3.85. The molecular formula is C22H29N7. The van der Waals surface area contributed by atoms with Gasteiger partial charge in [0.15, 0.2) is 5.96 Å². The van der Waals surface area contributed by atoms with Crippen molar-refractivity contribution < 1.29 is 0 Å². The van der Waals surface area contributed by atoms with Crippen LogP contribution in [0.2, 0.25) is 0 Å². The summed E-state index contributed by atoms with van der Waals surface area (Å²) in [5.41, 5.74) is 3.69. The Hall–Kier alpha value is -3.09. The van der Waals surface area contributed by atoms with Gasteiger partial charge in [-0.2, -0.15) is 10.2 Å². The van der Waals surface area contributed by atoms with Crippen molar-refractivity contribution >= 4 is 5.96 Å². The Kier molecular flexibility index (Phi) is 5.93. The Bertz CT molecular complexity index is 941.